The van der Waals surface area contributed by atoms with Crippen molar-refractivity contribution in [1.82, 2.24) is 25.1 Å². The van der Waals surface area contributed by atoms with Gasteiger partial charge in [-0.3, -0.25) is 14.3 Å². The average Bonchev–Trinajstić information content (AvgIpc) is 3.23. The minimum absolute atomic E-state index is 0.0725. The van der Waals surface area contributed by atoms with E-state index in [0.717, 1.165) is 22.4 Å². The number of hydrogen-bond donors (Lipinski definition) is 1. The van der Waals surface area contributed by atoms with Crippen molar-refractivity contribution < 1.29 is 4.79 Å². The lowest BCUT2D eigenvalue weighted by Crippen LogP contribution is -2.24. The Balaban J connectivity index is 1.58. The van der Waals surface area contributed by atoms with Crippen molar-refractivity contribution in [2.45, 2.75) is 18.6 Å². The molecule has 0 bridgehead atoms. The van der Waals surface area contributed by atoms with E-state index in [2.05, 4.69) is 20.5 Å². The van der Waals surface area contributed by atoms with Gasteiger partial charge in [0.1, 0.15) is 0 Å². The molecule has 0 saturated heterocycles. The van der Waals surface area contributed by atoms with Gasteiger partial charge in [-0.15, -0.1) is 10.2 Å². The number of nitrogens with zero attached hydrogens (tertiary/aromatic N) is 4. The number of aromatic nitrogens is 4. The van der Waals surface area contributed by atoms with Crippen molar-refractivity contribution in [3.63, 3.8) is 0 Å². The molecule has 8 heteroatoms. The Bertz CT molecular complexity index is 1180. The molecule has 2 aromatic carbocycles. The molecule has 6 nitrogen and oxygen atoms in total. The zero-order chi connectivity index (χ0) is 21.6. The van der Waals surface area contributed by atoms with E-state index in [0.29, 0.717) is 22.5 Å². The maximum absolute atomic E-state index is 12.4. The zero-order valence-electron chi connectivity index (χ0n) is 16.8. The monoisotopic (exact) mass is 449 g/mol. The molecule has 0 radical (unpaired) electrons. The van der Waals surface area contributed by atoms with Crippen LogP contribution in [0.3, 0.4) is 0 Å². The lowest BCUT2D eigenvalue weighted by Gasteiger charge is -2.14. The molecule has 0 spiro atoms. The first-order valence-electron chi connectivity index (χ1n) is 9.68. The van der Waals surface area contributed by atoms with Gasteiger partial charge in [0.2, 0.25) is 5.91 Å². The Labute approximate surface area is 189 Å². The molecule has 2 aromatic heterocycles. The Hall–Kier alpha value is -3.16. The van der Waals surface area contributed by atoms with Gasteiger partial charge in [-0.1, -0.05) is 59.8 Å². The number of pyridine rings is 1. The van der Waals surface area contributed by atoms with Gasteiger partial charge in [0.15, 0.2) is 11.0 Å². The van der Waals surface area contributed by atoms with Crippen LogP contribution in [0.2, 0.25) is 5.02 Å². The second kappa shape index (κ2) is 9.76. The molecule has 0 atom stereocenters. The maximum Gasteiger partial charge on any atom is 0.230 e. The fourth-order valence-corrected chi connectivity index (χ4v) is 4.03. The van der Waals surface area contributed by atoms with Gasteiger partial charge >= 0.3 is 0 Å². The van der Waals surface area contributed by atoms with Crippen molar-refractivity contribution in [2.24, 2.45) is 0 Å². The van der Waals surface area contributed by atoms with Crippen molar-refractivity contribution in [1.29, 1.82) is 0 Å². The minimum atomic E-state index is -0.0725. The zero-order valence-corrected chi connectivity index (χ0v) is 18.4. The number of hydrogen-bond acceptors (Lipinski definition) is 5. The number of halogens is 1. The van der Waals surface area contributed by atoms with E-state index in [9.17, 15) is 4.79 Å². The Morgan fingerprint density at radius 3 is 2.58 bits per heavy atom. The van der Waals surface area contributed by atoms with Crippen LogP contribution in [0.15, 0.2) is 78.2 Å². The summed E-state index contributed by atoms with van der Waals surface area (Å²) in [6.07, 6.45) is 3.42. The highest BCUT2D eigenvalue weighted by Crippen LogP contribution is 2.31. The Kier molecular flexibility index (Phi) is 6.64. The molecule has 4 aromatic rings. The lowest BCUT2D eigenvalue weighted by molar-refractivity contribution is -0.118. The highest BCUT2D eigenvalue weighted by molar-refractivity contribution is 7.99. The summed E-state index contributed by atoms with van der Waals surface area (Å²) >= 11 is 7.71. The van der Waals surface area contributed by atoms with E-state index in [1.165, 1.54) is 11.8 Å². The first-order valence-corrected chi connectivity index (χ1v) is 11.0. The lowest BCUT2D eigenvalue weighted by atomic mass is 10.2. The van der Waals surface area contributed by atoms with Crippen LogP contribution in [0, 0.1) is 6.92 Å². The Morgan fingerprint density at radius 2 is 1.81 bits per heavy atom. The van der Waals surface area contributed by atoms with E-state index < -0.39 is 0 Å². The summed E-state index contributed by atoms with van der Waals surface area (Å²) in [7, 11) is 0. The third kappa shape index (κ3) is 4.95. The molecule has 1 N–H and O–H groups in total. The normalized spacial score (nSPS) is 10.8. The number of benzene rings is 2. The summed E-state index contributed by atoms with van der Waals surface area (Å²) in [5.41, 5.74) is 3.71. The predicted molar refractivity (Wildman–Crippen MR) is 123 cm³/mol. The minimum Gasteiger partial charge on any atom is -0.351 e. The summed E-state index contributed by atoms with van der Waals surface area (Å²) < 4.78 is 1.94. The van der Waals surface area contributed by atoms with Gasteiger partial charge in [0.05, 0.1) is 11.4 Å². The maximum atomic E-state index is 12.4. The summed E-state index contributed by atoms with van der Waals surface area (Å²) in [4.78, 5) is 16.5. The molecule has 1 amide bonds. The fraction of sp³-hybridized carbons (Fsp3) is 0.130. The molecule has 31 heavy (non-hydrogen) atoms. The second-order valence-corrected chi connectivity index (χ2v) is 8.16. The largest absolute Gasteiger partial charge is 0.351 e. The summed E-state index contributed by atoms with van der Waals surface area (Å²) in [6.45, 7) is 2.44. The van der Waals surface area contributed by atoms with Crippen LogP contribution in [-0.4, -0.2) is 31.4 Å². The molecular formula is C23H20ClN5OS. The van der Waals surface area contributed by atoms with Crippen LogP contribution in [0.4, 0.5) is 0 Å². The standard InChI is InChI=1S/C23H20ClN5OS/c1-16-19(24)8-5-9-20(16)29-22(18-10-12-25-13-11-18)27-28-23(29)31-15-21(30)26-14-17-6-3-2-4-7-17/h2-13H,14-15H2,1H3,(H,26,30). The van der Waals surface area contributed by atoms with Gasteiger partial charge in [-0.05, 0) is 42.3 Å². The van der Waals surface area contributed by atoms with Gasteiger partial charge in [-0.2, -0.15) is 0 Å². The smallest absolute Gasteiger partial charge is 0.230 e. The molecule has 0 aliphatic carbocycles. The van der Waals surface area contributed by atoms with Crippen molar-refractivity contribution in [2.75, 3.05) is 5.75 Å². The summed E-state index contributed by atoms with van der Waals surface area (Å²) in [5, 5.41) is 13.0. The quantitative estimate of drug-likeness (QED) is 0.414. The third-order valence-corrected chi connectivity index (χ3v) is 6.06. The number of carbonyl (C=O) groups excluding carboxylic acids is 1. The molecule has 0 aliphatic rings. The number of carbonyl (C=O) groups is 1. The summed E-state index contributed by atoms with van der Waals surface area (Å²) in [5.74, 6) is 0.817. The van der Waals surface area contributed by atoms with Crippen LogP contribution in [-0.2, 0) is 11.3 Å². The SMILES string of the molecule is Cc1c(Cl)cccc1-n1c(SCC(=O)NCc2ccccc2)nnc1-c1ccncc1. The number of nitrogens with one attached hydrogen (secondary N) is 1. The second-order valence-electron chi connectivity index (χ2n) is 6.81. The van der Waals surface area contributed by atoms with E-state index >= 15 is 0 Å². The molecule has 0 fully saturated rings. The van der Waals surface area contributed by atoms with Crippen LogP contribution >= 0.6 is 23.4 Å². The molecule has 0 aliphatic heterocycles. The van der Waals surface area contributed by atoms with Crippen LogP contribution in [0.5, 0.6) is 0 Å². The van der Waals surface area contributed by atoms with Crippen molar-refractivity contribution in [3.8, 4) is 17.1 Å². The topological polar surface area (TPSA) is 72.7 Å². The van der Waals surface area contributed by atoms with E-state index in [-0.39, 0.29) is 11.7 Å². The highest BCUT2D eigenvalue weighted by Gasteiger charge is 2.19. The molecule has 0 unspecified atom stereocenters. The van der Waals surface area contributed by atoms with Crippen LogP contribution in [0.1, 0.15) is 11.1 Å². The van der Waals surface area contributed by atoms with Crippen molar-refractivity contribution in [3.05, 3.63) is 89.2 Å². The van der Waals surface area contributed by atoms with Gasteiger partial charge in [-0.25, -0.2) is 0 Å². The summed E-state index contributed by atoms with van der Waals surface area (Å²) in [6, 6.07) is 19.3. The molecule has 156 valence electrons. The van der Waals surface area contributed by atoms with Crippen LogP contribution < -0.4 is 5.32 Å². The Morgan fingerprint density at radius 1 is 1.03 bits per heavy atom. The molecular weight excluding hydrogens is 430 g/mol. The predicted octanol–water partition coefficient (Wildman–Crippen LogP) is 4.70. The number of thioether (sulfide) groups is 1. The number of rotatable bonds is 7. The van der Waals surface area contributed by atoms with E-state index in [1.807, 2.05) is 72.2 Å². The first-order chi connectivity index (χ1) is 15.1. The third-order valence-electron chi connectivity index (χ3n) is 4.72. The van der Waals surface area contributed by atoms with Gasteiger partial charge in [0, 0.05) is 29.5 Å². The fourth-order valence-electron chi connectivity index (χ4n) is 3.08. The van der Waals surface area contributed by atoms with Crippen molar-refractivity contribution >= 4 is 29.3 Å². The highest BCUT2D eigenvalue weighted by atomic mass is 35.5. The molecule has 0 saturated carbocycles. The average molecular weight is 450 g/mol. The molecule has 2 heterocycles. The van der Waals surface area contributed by atoms with E-state index in [4.69, 9.17) is 11.6 Å². The van der Waals surface area contributed by atoms with Gasteiger partial charge < -0.3 is 5.32 Å². The number of amides is 1. The van der Waals surface area contributed by atoms with Crippen LogP contribution in [0.25, 0.3) is 17.1 Å². The first kappa shape index (κ1) is 21.1. The molecule has 4 rings (SSSR count). The van der Waals surface area contributed by atoms with Gasteiger partial charge in [0.25, 0.3) is 0 Å². The van der Waals surface area contributed by atoms with E-state index in [1.54, 1.807) is 12.4 Å².